The normalized spacial score (nSPS) is 17.7. The third kappa shape index (κ3) is 8.75. The Bertz CT molecular complexity index is 1450. The van der Waals surface area contributed by atoms with Crippen LogP contribution in [0.2, 0.25) is 0 Å². The van der Waals surface area contributed by atoms with Crippen molar-refractivity contribution in [1.29, 1.82) is 0 Å². The molecule has 3 atom stereocenters. The maximum atomic E-state index is 13.5. The van der Waals surface area contributed by atoms with Crippen LogP contribution in [-0.2, 0) is 11.0 Å². The van der Waals surface area contributed by atoms with Crippen LogP contribution < -0.4 is 20.1 Å². The molecule has 1 aliphatic rings. The van der Waals surface area contributed by atoms with Crippen LogP contribution in [0.5, 0.6) is 5.75 Å². The molecule has 0 saturated carbocycles. The third-order valence-corrected chi connectivity index (χ3v) is 8.97. The summed E-state index contributed by atoms with van der Waals surface area (Å²) in [6, 6.07) is 13.1. The Morgan fingerprint density at radius 1 is 1.26 bits per heavy atom. The number of alkyl halides is 2. The summed E-state index contributed by atoms with van der Waals surface area (Å²) in [5.74, 6) is -1.89. The van der Waals surface area contributed by atoms with Crippen molar-refractivity contribution in [2.75, 3.05) is 28.9 Å². The minimum Gasteiger partial charge on any atom is -0.460 e. The largest absolute Gasteiger partial charge is 0.460 e. The van der Waals surface area contributed by atoms with Crippen molar-refractivity contribution in [3.05, 3.63) is 71.6 Å². The molecule has 0 aliphatic carbocycles. The number of aromatic nitrogens is 2. The van der Waals surface area contributed by atoms with Crippen LogP contribution in [0.15, 0.2) is 65.9 Å². The average molecular weight is 616 g/mol. The Morgan fingerprint density at radius 2 is 2.02 bits per heavy atom. The third-order valence-electron chi connectivity index (χ3n) is 6.79. The first-order valence-electron chi connectivity index (χ1n) is 14.1. The molecule has 226 valence electrons. The van der Waals surface area contributed by atoms with Gasteiger partial charge in [0, 0.05) is 42.4 Å². The molecule has 7 nitrogen and oxygen atoms in total. The van der Waals surface area contributed by atoms with Crippen LogP contribution in [0.1, 0.15) is 52.7 Å². The van der Waals surface area contributed by atoms with E-state index >= 15 is 0 Å². The fourth-order valence-corrected chi connectivity index (χ4v) is 6.49. The summed E-state index contributed by atoms with van der Waals surface area (Å²) in [5.41, 5.74) is 1.23. The molecule has 3 N–H and O–H groups in total. The quantitative estimate of drug-likeness (QED) is 0.171. The predicted octanol–water partition coefficient (Wildman–Crippen LogP) is 7.59. The second kappa shape index (κ2) is 14.4. The van der Waals surface area contributed by atoms with Gasteiger partial charge in [-0.15, -0.1) is 0 Å². The van der Waals surface area contributed by atoms with Gasteiger partial charge >= 0.3 is 0 Å². The standard InChI is InChI=1S/C31H39F2N5O2S2/c1-6-21(4)28(29(41-20(2)3)26-15-17-35-30(37-26)36-22-10-9-16-34-18-22)40-27-14-13-25(23-11-7-8-12-24(23)27)38-42(39)19-31(5,32)33/h7-8,11-15,17,21-22,34,38H,2,6,9-10,16,18-19H2,1,3-5H3,(H,35,36,37)/b29-28+. The number of benzene rings is 2. The maximum absolute atomic E-state index is 13.5. The summed E-state index contributed by atoms with van der Waals surface area (Å²) < 4.78 is 48.8. The van der Waals surface area contributed by atoms with Crippen LogP contribution in [0.25, 0.3) is 15.7 Å². The van der Waals surface area contributed by atoms with Gasteiger partial charge in [0.2, 0.25) is 5.95 Å². The summed E-state index contributed by atoms with van der Waals surface area (Å²) in [6.07, 6.45) is 4.73. The van der Waals surface area contributed by atoms with Crippen molar-refractivity contribution in [1.82, 2.24) is 15.3 Å². The highest BCUT2D eigenvalue weighted by molar-refractivity contribution is 8.11. The molecule has 1 saturated heterocycles. The second-order valence-electron chi connectivity index (χ2n) is 10.7. The number of hydrogen-bond donors (Lipinski definition) is 3. The van der Waals surface area contributed by atoms with Crippen LogP contribution >= 0.6 is 11.8 Å². The molecular weight excluding hydrogens is 577 g/mol. The molecule has 3 aromatic rings. The van der Waals surface area contributed by atoms with E-state index in [1.54, 1.807) is 18.3 Å². The van der Waals surface area contributed by atoms with E-state index in [9.17, 15) is 13.0 Å². The molecule has 0 amide bonds. The molecule has 2 heterocycles. The predicted molar refractivity (Wildman–Crippen MR) is 172 cm³/mol. The SMILES string of the molecule is C=C(C)S/C(=C(/Oc1ccc(NS(=O)CC(C)(F)F)c2ccccc12)C(C)CC)c1ccnc(NC2CCCNC2)n1. The van der Waals surface area contributed by atoms with Gasteiger partial charge in [-0.05, 0) is 55.8 Å². The molecule has 0 spiro atoms. The van der Waals surface area contributed by atoms with Gasteiger partial charge < -0.3 is 20.1 Å². The van der Waals surface area contributed by atoms with Crippen molar-refractivity contribution in [3.63, 3.8) is 0 Å². The van der Waals surface area contributed by atoms with E-state index < -0.39 is 22.7 Å². The van der Waals surface area contributed by atoms with Crippen LogP contribution in [0.4, 0.5) is 20.4 Å². The number of piperidine rings is 1. The van der Waals surface area contributed by atoms with Gasteiger partial charge in [-0.2, -0.15) is 0 Å². The highest BCUT2D eigenvalue weighted by atomic mass is 32.2. The number of hydrogen-bond acceptors (Lipinski definition) is 7. The van der Waals surface area contributed by atoms with E-state index in [0.29, 0.717) is 17.4 Å². The number of anilines is 2. The first-order chi connectivity index (χ1) is 20.0. The minimum absolute atomic E-state index is 0.0385. The van der Waals surface area contributed by atoms with Crippen molar-refractivity contribution in [3.8, 4) is 5.75 Å². The molecule has 3 unspecified atom stereocenters. The number of ether oxygens (including phenoxy) is 1. The highest BCUT2D eigenvalue weighted by Crippen LogP contribution is 2.41. The lowest BCUT2D eigenvalue weighted by atomic mass is 10.0. The van der Waals surface area contributed by atoms with Gasteiger partial charge in [0.05, 0.1) is 16.3 Å². The number of nitrogens with zero attached hydrogens (tertiary/aromatic N) is 2. The van der Waals surface area contributed by atoms with E-state index in [4.69, 9.17) is 9.72 Å². The number of thioether (sulfide) groups is 1. The maximum Gasteiger partial charge on any atom is 0.258 e. The van der Waals surface area contributed by atoms with E-state index in [1.165, 1.54) is 11.8 Å². The van der Waals surface area contributed by atoms with Gasteiger partial charge in [-0.3, -0.25) is 0 Å². The Labute approximate surface area is 253 Å². The molecule has 1 aliphatic heterocycles. The first-order valence-corrected chi connectivity index (χ1v) is 16.3. The van der Waals surface area contributed by atoms with Crippen LogP contribution in [0, 0.1) is 5.92 Å². The number of fused-ring (bicyclic) bond motifs is 1. The molecule has 0 radical (unpaired) electrons. The van der Waals surface area contributed by atoms with Crippen molar-refractivity contribution < 1.29 is 17.7 Å². The molecule has 1 fully saturated rings. The van der Waals surface area contributed by atoms with Gasteiger partial charge in [0.15, 0.2) is 0 Å². The lowest BCUT2D eigenvalue weighted by Crippen LogP contribution is -2.38. The second-order valence-corrected chi connectivity index (χ2v) is 13.2. The van der Waals surface area contributed by atoms with Gasteiger partial charge in [0.1, 0.15) is 28.2 Å². The topological polar surface area (TPSA) is 88.2 Å². The summed E-state index contributed by atoms with van der Waals surface area (Å²) in [7, 11) is -1.95. The average Bonchev–Trinajstić information content (AvgIpc) is 2.95. The Kier molecular flexibility index (Phi) is 11.0. The molecule has 11 heteroatoms. The van der Waals surface area contributed by atoms with Crippen molar-refractivity contribution >= 4 is 50.1 Å². The van der Waals surface area contributed by atoms with Gasteiger partial charge in [-0.1, -0.05) is 56.5 Å². The Balaban J connectivity index is 1.74. The number of rotatable bonds is 13. The van der Waals surface area contributed by atoms with Crippen LogP contribution in [0.3, 0.4) is 0 Å². The molecular formula is C31H39F2N5O2S2. The Hall–Kier alpha value is -3.02. The fraction of sp³-hybridized carbons (Fsp3) is 0.419. The monoisotopic (exact) mass is 615 g/mol. The van der Waals surface area contributed by atoms with Gasteiger partial charge in [-0.25, -0.2) is 23.0 Å². The smallest absolute Gasteiger partial charge is 0.258 e. The van der Waals surface area contributed by atoms with E-state index in [-0.39, 0.29) is 12.0 Å². The van der Waals surface area contributed by atoms with Crippen molar-refractivity contribution in [2.45, 2.75) is 58.9 Å². The number of allylic oxidation sites excluding steroid dienone is 2. The van der Waals surface area contributed by atoms with E-state index in [2.05, 4.69) is 40.8 Å². The lowest BCUT2D eigenvalue weighted by Gasteiger charge is -2.24. The molecule has 0 bridgehead atoms. The molecule has 2 aromatic carbocycles. The first kappa shape index (κ1) is 31.9. The zero-order valence-corrected chi connectivity index (χ0v) is 26.1. The Morgan fingerprint density at radius 3 is 2.69 bits per heavy atom. The van der Waals surface area contributed by atoms with Crippen LogP contribution in [-0.4, -0.2) is 45.0 Å². The van der Waals surface area contributed by atoms with Gasteiger partial charge in [0.25, 0.3) is 5.92 Å². The van der Waals surface area contributed by atoms with E-state index in [0.717, 1.165) is 71.3 Å². The summed E-state index contributed by atoms with van der Waals surface area (Å²) in [6.45, 7) is 12.9. The summed E-state index contributed by atoms with van der Waals surface area (Å²) in [4.78, 5) is 11.1. The molecule has 1 aromatic heterocycles. The van der Waals surface area contributed by atoms with E-state index in [1.807, 2.05) is 37.3 Å². The summed E-state index contributed by atoms with van der Waals surface area (Å²) >= 11 is 1.51. The number of nitrogens with one attached hydrogen (secondary N) is 3. The zero-order chi connectivity index (χ0) is 30.3. The summed E-state index contributed by atoms with van der Waals surface area (Å²) in [5, 5.41) is 8.35. The minimum atomic E-state index is -3.05. The highest BCUT2D eigenvalue weighted by Gasteiger charge is 2.26. The molecule has 42 heavy (non-hydrogen) atoms. The zero-order valence-electron chi connectivity index (χ0n) is 24.5. The fourth-order valence-electron chi connectivity index (χ4n) is 4.63. The number of halogens is 2. The lowest BCUT2D eigenvalue weighted by molar-refractivity contribution is 0.0484. The molecule has 4 rings (SSSR count). The van der Waals surface area contributed by atoms with Crippen molar-refractivity contribution in [2.24, 2.45) is 5.92 Å².